The molecule has 2 aromatic carbocycles. The van der Waals surface area contributed by atoms with E-state index in [9.17, 15) is 35.1 Å². The molecular weight excluding hydrogens is 420 g/mol. The number of hydrogen-bond donors (Lipinski definition) is 5. The molecule has 1 aliphatic heterocycles. The van der Waals surface area contributed by atoms with E-state index in [1.165, 1.54) is 13.0 Å². The van der Waals surface area contributed by atoms with E-state index in [0.717, 1.165) is 12.1 Å². The van der Waals surface area contributed by atoms with E-state index in [-0.39, 0.29) is 33.8 Å². The van der Waals surface area contributed by atoms with Gasteiger partial charge in [0, 0.05) is 22.8 Å². The summed E-state index contributed by atoms with van der Waals surface area (Å²) in [5, 5.41) is 50.1. The summed E-state index contributed by atoms with van der Waals surface area (Å²) in [5.41, 5.74) is 0.401. The fourth-order valence-corrected chi connectivity index (χ4v) is 4.20. The molecule has 1 saturated heterocycles. The number of aryl methyl sites for hydroxylation is 1. The molecule has 0 unspecified atom stereocenters. The molecule has 5 N–H and O–H groups in total. The Morgan fingerprint density at radius 1 is 0.906 bits per heavy atom. The second kappa shape index (κ2) is 8.18. The Morgan fingerprint density at radius 3 is 2.28 bits per heavy atom. The minimum absolute atomic E-state index is 0.0346. The summed E-state index contributed by atoms with van der Waals surface area (Å²) in [4.78, 5) is 26.4. The molecule has 5 atom stereocenters. The second-order valence-electron chi connectivity index (χ2n) is 8.10. The molecule has 1 heterocycles. The van der Waals surface area contributed by atoms with Crippen LogP contribution < -0.4 is 4.74 Å². The van der Waals surface area contributed by atoms with Crippen LogP contribution in [0, 0.1) is 0 Å². The number of aromatic hydroxyl groups is 2. The molecule has 1 fully saturated rings. The summed E-state index contributed by atoms with van der Waals surface area (Å²) >= 11 is 0. The summed E-state index contributed by atoms with van der Waals surface area (Å²) in [5.74, 6) is -1.82. The molecule has 9 heteroatoms. The Kier molecular flexibility index (Phi) is 5.68. The van der Waals surface area contributed by atoms with E-state index >= 15 is 0 Å². The molecule has 0 saturated carbocycles. The van der Waals surface area contributed by atoms with Crippen LogP contribution in [-0.2, 0) is 11.2 Å². The topological polar surface area (TPSA) is 154 Å². The first-order valence-corrected chi connectivity index (χ1v) is 10.3. The molecule has 0 amide bonds. The number of fused-ring (bicyclic) bond motifs is 2. The number of ketones is 2. The van der Waals surface area contributed by atoms with Crippen LogP contribution in [0.5, 0.6) is 17.2 Å². The maximum absolute atomic E-state index is 13.2. The first kappa shape index (κ1) is 22.2. The van der Waals surface area contributed by atoms with Crippen molar-refractivity contribution in [3.63, 3.8) is 0 Å². The Balaban J connectivity index is 1.78. The van der Waals surface area contributed by atoms with Gasteiger partial charge in [0.15, 0.2) is 11.6 Å². The van der Waals surface area contributed by atoms with E-state index in [4.69, 9.17) is 9.47 Å². The summed E-state index contributed by atoms with van der Waals surface area (Å²) in [6, 6.07) is 5.01. The number of benzene rings is 2. The van der Waals surface area contributed by atoms with Gasteiger partial charge in [0.2, 0.25) is 6.29 Å². The Labute approximate surface area is 183 Å². The maximum atomic E-state index is 13.2. The highest BCUT2D eigenvalue weighted by atomic mass is 16.7. The smallest absolute Gasteiger partial charge is 0.229 e. The first-order valence-electron chi connectivity index (χ1n) is 10.3. The molecule has 2 aromatic rings. The van der Waals surface area contributed by atoms with E-state index in [1.807, 2.05) is 6.92 Å². The van der Waals surface area contributed by atoms with Gasteiger partial charge >= 0.3 is 0 Å². The highest BCUT2D eigenvalue weighted by Gasteiger charge is 2.43. The fraction of sp³-hybridized carbons (Fsp3) is 0.391. The number of phenols is 2. The molecule has 0 radical (unpaired) electrons. The summed E-state index contributed by atoms with van der Waals surface area (Å²) in [6.45, 7) is 3.41. The van der Waals surface area contributed by atoms with Crippen molar-refractivity contribution in [2.45, 2.75) is 57.4 Å². The van der Waals surface area contributed by atoms with Crippen molar-refractivity contribution in [1.82, 2.24) is 0 Å². The number of aliphatic hydroxyl groups excluding tert-OH is 3. The van der Waals surface area contributed by atoms with Crippen LogP contribution in [0.2, 0.25) is 0 Å². The quantitative estimate of drug-likeness (QED) is 0.397. The summed E-state index contributed by atoms with van der Waals surface area (Å²) in [7, 11) is 0. The van der Waals surface area contributed by atoms with E-state index in [2.05, 4.69) is 0 Å². The number of ether oxygens (including phenoxy) is 2. The maximum Gasteiger partial charge on any atom is 0.229 e. The van der Waals surface area contributed by atoms with Crippen molar-refractivity contribution in [3.8, 4) is 17.2 Å². The van der Waals surface area contributed by atoms with Gasteiger partial charge in [-0.2, -0.15) is 0 Å². The van der Waals surface area contributed by atoms with Crippen molar-refractivity contribution in [2.75, 3.05) is 0 Å². The predicted molar refractivity (Wildman–Crippen MR) is 110 cm³/mol. The van der Waals surface area contributed by atoms with Crippen LogP contribution in [0.4, 0.5) is 0 Å². The van der Waals surface area contributed by atoms with Crippen LogP contribution in [0.25, 0.3) is 0 Å². The van der Waals surface area contributed by atoms with Crippen molar-refractivity contribution in [3.05, 3.63) is 52.1 Å². The van der Waals surface area contributed by atoms with Gasteiger partial charge in [-0.25, -0.2) is 0 Å². The van der Waals surface area contributed by atoms with Gasteiger partial charge in [-0.1, -0.05) is 13.3 Å². The van der Waals surface area contributed by atoms with E-state index in [0.29, 0.717) is 18.4 Å². The molecule has 170 valence electrons. The lowest BCUT2D eigenvalue weighted by atomic mass is 9.80. The van der Waals surface area contributed by atoms with Crippen LogP contribution in [0.3, 0.4) is 0 Å². The number of carbonyl (C=O) groups is 2. The predicted octanol–water partition coefficient (Wildman–Crippen LogP) is 1.03. The average Bonchev–Trinajstić information content (AvgIpc) is 2.73. The summed E-state index contributed by atoms with van der Waals surface area (Å²) in [6.07, 6.45) is -5.37. The van der Waals surface area contributed by atoms with Gasteiger partial charge in [0.1, 0.15) is 35.6 Å². The number of hydrogen-bond acceptors (Lipinski definition) is 9. The Hall–Kier alpha value is -2.98. The van der Waals surface area contributed by atoms with Gasteiger partial charge in [0.25, 0.3) is 0 Å². The SMILES string of the molecule is CCCc1cc(O[C@H]2O[C@@H](C)[C@H](O)[C@@H](O)[C@H]2O)cc2c1C(=O)c1c(O)cc(O)cc1C2=O. The van der Waals surface area contributed by atoms with Gasteiger partial charge in [-0.3, -0.25) is 9.59 Å². The molecule has 1 aliphatic carbocycles. The van der Waals surface area contributed by atoms with Crippen molar-refractivity contribution < 1.29 is 44.6 Å². The number of aliphatic hydroxyl groups is 3. The minimum atomic E-state index is -1.54. The van der Waals surface area contributed by atoms with E-state index in [1.54, 1.807) is 6.07 Å². The molecule has 9 nitrogen and oxygen atoms in total. The van der Waals surface area contributed by atoms with Crippen molar-refractivity contribution in [1.29, 1.82) is 0 Å². The zero-order valence-corrected chi connectivity index (χ0v) is 17.5. The molecule has 32 heavy (non-hydrogen) atoms. The van der Waals surface area contributed by atoms with Crippen molar-refractivity contribution >= 4 is 11.6 Å². The van der Waals surface area contributed by atoms with Gasteiger partial charge < -0.3 is 35.0 Å². The average molecular weight is 444 g/mol. The lowest BCUT2D eigenvalue weighted by molar-refractivity contribution is -0.268. The van der Waals surface area contributed by atoms with Crippen LogP contribution >= 0.6 is 0 Å². The van der Waals surface area contributed by atoms with Crippen LogP contribution in [-0.4, -0.2) is 67.8 Å². The van der Waals surface area contributed by atoms with Crippen LogP contribution in [0.1, 0.15) is 57.7 Å². The first-order chi connectivity index (χ1) is 15.1. The largest absolute Gasteiger partial charge is 0.508 e. The number of carbonyl (C=O) groups excluding carboxylic acids is 2. The molecule has 4 rings (SSSR count). The minimum Gasteiger partial charge on any atom is -0.508 e. The Bertz CT molecular complexity index is 1090. The molecular formula is C23H24O9. The second-order valence-corrected chi connectivity index (χ2v) is 8.10. The van der Waals surface area contributed by atoms with Gasteiger partial charge in [-0.15, -0.1) is 0 Å². The van der Waals surface area contributed by atoms with E-state index < -0.39 is 48.0 Å². The monoisotopic (exact) mass is 444 g/mol. The normalized spacial score (nSPS) is 27.1. The van der Waals surface area contributed by atoms with Gasteiger partial charge in [0.05, 0.1) is 11.7 Å². The lowest BCUT2D eigenvalue weighted by Crippen LogP contribution is -2.58. The van der Waals surface area contributed by atoms with Crippen molar-refractivity contribution in [2.24, 2.45) is 0 Å². The lowest BCUT2D eigenvalue weighted by Gasteiger charge is -2.39. The standard InChI is InChI=1S/C23H24O9/c1-3-4-10-5-12(32-23-22(30)21(29)18(26)9(2)31-23)8-14-16(10)20(28)17-13(19(14)27)6-11(24)7-15(17)25/h5-9,18,21-26,29-30H,3-4H2,1-2H3/t9-,18-,21+,22+,23+/m0/s1. The third-order valence-electron chi connectivity index (χ3n) is 5.82. The molecule has 0 spiro atoms. The zero-order chi connectivity index (χ0) is 23.3. The highest BCUT2D eigenvalue weighted by molar-refractivity contribution is 6.30. The molecule has 0 bridgehead atoms. The Morgan fingerprint density at radius 2 is 1.59 bits per heavy atom. The zero-order valence-electron chi connectivity index (χ0n) is 17.5. The highest BCUT2D eigenvalue weighted by Crippen LogP contribution is 2.39. The third-order valence-corrected chi connectivity index (χ3v) is 5.82. The molecule has 0 aromatic heterocycles. The van der Waals surface area contributed by atoms with Gasteiger partial charge in [-0.05, 0) is 37.1 Å². The number of phenolic OH excluding ortho intramolecular Hbond substituents is 2. The fourth-order valence-electron chi connectivity index (χ4n) is 4.20. The molecule has 2 aliphatic rings. The third kappa shape index (κ3) is 3.53. The number of rotatable bonds is 4. The van der Waals surface area contributed by atoms with Crippen LogP contribution in [0.15, 0.2) is 24.3 Å². The summed E-state index contributed by atoms with van der Waals surface area (Å²) < 4.78 is 11.2.